The molecule has 9 heteroatoms. The van der Waals surface area contributed by atoms with Crippen molar-refractivity contribution in [3.05, 3.63) is 28.3 Å². The Bertz CT molecular complexity index is 721. The number of rotatable bonds is 4. The highest BCUT2D eigenvalue weighted by molar-refractivity contribution is 7.89. The summed E-state index contributed by atoms with van der Waals surface area (Å²) in [6.45, 7) is 2.71. The van der Waals surface area contributed by atoms with Gasteiger partial charge in [0.15, 0.2) is 0 Å². The van der Waals surface area contributed by atoms with Crippen LogP contribution in [0.4, 0.5) is 5.69 Å². The van der Waals surface area contributed by atoms with E-state index in [0.29, 0.717) is 24.9 Å². The number of non-ortho nitro benzene ring substituents is 1. The number of nitrogens with zero attached hydrogens (tertiary/aromatic N) is 2. The van der Waals surface area contributed by atoms with Crippen LogP contribution in [0, 0.1) is 22.0 Å². The summed E-state index contributed by atoms with van der Waals surface area (Å²) < 4.78 is 32.3. The third-order valence-corrected chi connectivity index (χ3v) is 6.55. The predicted octanol–water partition coefficient (Wildman–Crippen LogP) is 0.833. The largest absolute Gasteiger partial charge is 0.495 e. The number of benzene rings is 1. The molecule has 2 heterocycles. The zero-order valence-electron chi connectivity index (χ0n) is 12.8. The Morgan fingerprint density at radius 1 is 1.35 bits per heavy atom. The van der Waals surface area contributed by atoms with Crippen LogP contribution in [0.5, 0.6) is 5.75 Å². The molecule has 0 aliphatic carbocycles. The van der Waals surface area contributed by atoms with E-state index in [-0.39, 0.29) is 16.3 Å². The normalized spacial score (nSPS) is 25.1. The van der Waals surface area contributed by atoms with Crippen molar-refractivity contribution in [2.45, 2.75) is 11.3 Å². The Kier molecular flexibility index (Phi) is 4.26. The number of hydrogen-bond acceptors (Lipinski definition) is 6. The van der Waals surface area contributed by atoms with Crippen molar-refractivity contribution in [3.8, 4) is 5.75 Å². The zero-order chi connectivity index (χ0) is 16.6. The van der Waals surface area contributed by atoms with E-state index in [4.69, 9.17) is 4.74 Å². The highest BCUT2D eigenvalue weighted by atomic mass is 32.2. The van der Waals surface area contributed by atoms with Crippen molar-refractivity contribution in [2.75, 3.05) is 33.3 Å². The second-order valence-corrected chi connectivity index (χ2v) is 7.83. The van der Waals surface area contributed by atoms with Crippen LogP contribution in [-0.4, -0.2) is 50.9 Å². The van der Waals surface area contributed by atoms with Gasteiger partial charge in [0.25, 0.3) is 5.69 Å². The number of sulfonamides is 1. The van der Waals surface area contributed by atoms with Gasteiger partial charge in [-0.1, -0.05) is 0 Å². The molecule has 2 aliphatic heterocycles. The van der Waals surface area contributed by atoms with Crippen LogP contribution in [0.15, 0.2) is 23.1 Å². The summed E-state index contributed by atoms with van der Waals surface area (Å²) in [5.41, 5.74) is -0.195. The molecule has 1 aromatic carbocycles. The molecule has 2 aliphatic rings. The molecule has 2 atom stereocenters. The van der Waals surface area contributed by atoms with Crippen molar-refractivity contribution in [1.82, 2.24) is 9.62 Å². The maximum atomic E-state index is 12.9. The Hall–Kier alpha value is -1.71. The monoisotopic (exact) mass is 341 g/mol. The molecule has 2 fully saturated rings. The first-order chi connectivity index (χ1) is 10.9. The minimum atomic E-state index is -3.73. The van der Waals surface area contributed by atoms with Crippen LogP contribution < -0.4 is 10.1 Å². The van der Waals surface area contributed by atoms with Gasteiger partial charge in [0.05, 0.1) is 18.1 Å². The van der Waals surface area contributed by atoms with Crippen molar-refractivity contribution in [3.63, 3.8) is 0 Å². The Labute approximate surface area is 134 Å². The Morgan fingerprint density at radius 2 is 2.09 bits per heavy atom. The molecule has 3 rings (SSSR count). The van der Waals surface area contributed by atoms with Crippen LogP contribution in [0.2, 0.25) is 0 Å². The first kappa shape index (κ1) is 16.2. The van der Waals surface area contributed by atoms with Gasteiger partial charge in [-0.3, -0.25) is 10.1 Å². The molecule has 0 spiro atoms. The van der Waals surface area contributed by atoms with Crippen LogP contribution in [0.25, 0.3) is 0 Å². The Balaban J connectivity index is 1.91. The Morgan fingerprint density at radius 3 is 2.78 bits per heavy atom. The summed E-state index contributed by atoms with van der Waals surface area (Å²) in [4.78, 5) is 10.2. The standard InChI is InChI=1S/C14H19N3O5S/c1-22-13-6-12(17(18)19)2-3-14(13)23(20,21)16-5-4-10-7-15-8-11(10)9-16/h2-3,6,10-11,15H,4-5,7-9H2,1H3. The first-order valence-electron chi connectivity index (χ1n) is 7.47. The number of hydrogen-bond donors (Lipinski definition) is 1. The summed E-state index contributed by atoms with van der Waals surface area (Å²) in [5.74, 6) is 0.855. The van der Waals surface area contributed by atoms with Crippen molar-refractivity contribution in [1.29, 1.82) is 0 Å². The molecule has 2 unspecified atom stereocenters. The number of nitrogens with one attached hydrogen (secondary N) is 1. The summed E-state index contributed by atoms with van der Waals surface area (Å²) in [6.07, 6.45) is 0.826. The predicted molar refractivity (Wildman–Crippen MR) is 82.9 cm³/mol. The molecular formula is C14H19N3O5S. The number of methoxy groups -OCH3 is 1. The molecule has 8 nitrogen and oxygen atoms in total. The number of piperidine rings is 1. The SMILES string of the molecule is COc1cc([N+](=O)[O-])ccc1S(=O)(=O)N1CCC2CNCC2C1. The quantitative estimate of drug-likeness (QED) is 0.643. The fraction of sp³-hybridized carbons (Fsp3) is 0.571. The lowest BCUT2D eigenvalue weighted by Crippen LogP contribution is -2.43. The average Bonchev–Trinajstić information content (AvgIpc) is 3.01. The second-order valence-electron chi connectivity index (χ2n) is 5.92. The van der Waals surface area contributed by atoms with Crippen molar-refractivity contribution < 1.29 is 18.1 Å². The van der Waals surface area contributed by atoms with Crippen LogP contribution in [0.1, 0.15) is 6.42 Å². The van der Waals surface area contributed by atoms with E-state index in [9.17, 15) is 18.5 Å². The number of fused-ring (bicyclic) bond motifs is 1. The molecule has 23 heavy (non-hydrogen) atoms. The maximum Gasteiger partial charge on any atom is 0.273 e. The van der Waals surface area contributed by atoms with Gasteiger partial charge in [0.1, 0.15) is 10.6 Å². The molecule has 0 bridgehead atoms. The summed E-state index contributed by atoms with van der Waals surface area (Å²) in [7, 11) is -2.42. The third-order valence-electron chi connectivity index (χ3n) is 4.64. The van der Waals surface area contributed by atoms with E-state index >= 15 is 0 Å². The van der Waals surface area contributed by atoms with Gasteiger partial charge >= 0.3 is 0 Å². The highest BCUT2D eigenvalue weighted by Gasteiger charge is 2.38. The van der Waals surface area contributed by atoms with Gasteiger partial charge in [0.2, 0.25) is 10.0 Å². The highest BCUT2D eigenvalue weighted by Crippen LogP contribution is 2.34. The lowest BCUT2D eigenvalue weighted by Gasteiger charge is -2.33. The van der Waals surface area contributed by atoms with Crippen molar-refractivity contribution in [2.24, 2.45) is 11.8 Å². The minimum Gasteiger partial charge on any atom is -0.495 e. The van der Waals surface area contributed by atoms with Gasteiger partial charge in [0, 0.05) is 19.2 Å². The van der Waals surface area contributed by atoms with Gasteiger partial charge in [-0.15, -0.1) is 0 Å². The van der Waals surface area contributed by atoms with E-state index < -0.39 is 14.9 Å². The summed E-state index contributed by atoms with van der Waals surface area (Å²) >= 11 is 0. The van der Waals surface area contributed by atoms with Gasteiger partial charge < -0.3 is 10.1 Å². The maximum absolute atomic E-state index is 12.9. The van der Waals surface area contributed by atoms with Crippen LogP contribution >= 0.6 is 0 Å². The van der Waals surface area contributed by atoms with Crippen molar-refractivity contribution >= 4 is 15.7 Å². The van der Waals surface area contributed by atoms with Gasteiger partial charge in [-0.2, -0.15) is 4.31 Å². The summed E-state index contributed by atoms with van der Waals surface area (Å²) in [6, 6.07) is 3.60. The topological polar surface area (TPSA) is 102 Å². The van der Waals surface area contributed by atoms with E-state index in [1.54, 1.807) is 0 Å². The average molecular weight is 341 g/mol. The van der Waals surface area contributed by atoms with E-state index in [1.807, 2.05) is 0 Å². The smallest absolute Gasteiger partial charge is 0.273 e. The fourth-order valence-corrected chi connectivity index (χ4v) is 4.99. The number of nitro benzene ring substituents is 1. The van der Waals surface area contributed by atoms with Gasteiger partial charge in [-0.25, -0.2) is 8.42 Å². The zero-order valence-corrected chi connectivity index (χ0v) is 13.6. The van der Waals surface area contributed by atoms with E-state index in [1.165, 1.54) is 23.5 Å². The van der Waals surface area contributed by atoms with Gasteiger partial charge in [-0.05, 0) is 37.4 Å². The fourth-order valence-electron chi connectivity index (χ4n) is 3.34. The number of nitro groups is 1. The lowest BCUT2D eigenvalue weighted by atomic mass is 9.90. The third kappa shape index (κ3) is 2.91. The molecule has 0 saturated carbocycles. The van der Waals surface area contributed by atoms with Crippen LogP contribution in [0.3, 0.4) is 0 Å². The minimum absolute atomic E-state index is 0.00544. The van der Waals surface area contributed by atoms with E-state index in [0.717, 1.165) is 25.6 Å². The van der Waals surface area contributed by atoms with E-state index in [2.05, 4.69) is 5.32 Å². The second kappa shape index (κ2) is 6.06. The molecule has 1 N–H and O–H groups in total. The first-order valence-corrected chi connectivity index (χ1v) is 8.91. The molecule has 0 radical (unpaired) electrons. The molecule has 0 aromatic heterocycles. The lowest BCUT2D eigenvalue weighted by molar-refractivity contribution is -0.385. The number of ether oxygens (including phenoxy) is 1. The molecule has 1 aromatic rings. The molecular weight excluding hydrogens is 322 g/mol. The molecule has 0 amide bonds. The summed E-state index contributed by atoms with van der Waals surface area (Å²) in [5, 5.41) is 14.1. The van der Waals surface area contributed by atoms with Crippen LogP contribution in [-0.2, 0) is 10.0 Å². The molecule has 126 valence electrons. The molecule has 2 saturated heterocycles.